The number of anilines is 1. The zero-order chi connectivity index (χ0) is 12.5. The zero-order valence-electron chi connectivity index (χ0n) is 10.9. The van der Waals surface area contributed by atoms with Gasteiger partial charge in [0.2, 0.25) is 5.91 Å². The van der Waals surface area contributed by atoms with Crippen LogP contribution in [0.15, 0.2) is 18.3 Å². The Morgan fingerprint density at radius 1 is 1.29 bits per heavy atom. The van der Waals surface area contributed by atoms with Crippen LogP contribution in [0.3, 0.4) is 0 Å². The van der Waals surface area contributed by atoms with Gasteiger partial charge < -0.3 is 0 Å². The number of amides is 1. The number of fused-ring (bicyclic) bond motifs is 1. The number of hydrogen-bond donors (Lipinski definition) is 0. The second-order valence-electron chi connectivity index (χ2n) is 4.82. The third kappa shape index (κ3) is 1.65. The van der Waals surface area contributed by atoms with Crippen LogP contribution in [0.25, 0.3) is 0 Å². The average molecular weight is 232 g/mol. The lowest BCUT2D eigenvalue weighted by atomic mass is 9.75. The molecule has 0 atom stereocenters. The van der Waals surface area contributed by atoms with Crippen LogP contribution in [-0.4, -0.2) is 17.9 Å². The summed E-state index contributed by atoms with van der Waals surface area (Å²) in [5, 5.41) is 0. The van der Waals surface area contributed by atoms with Gasteiger partial charge >= 0.3 is 0 Å². The Labute approximate surface area is 103 Å². The van der Waals surface area contributed by atoms with Crippen LogP contribution in [0.2, 0.25) is 0 Å². The van der Waals surface area contributed by atoms with E-state index < -0.39 is 0 Å². The van der Waals surface area contributed by atoms with E-state index in [1.54, 1.807) is 11.1 Å². The Bertz CT molecular complexity index is 422. The van der Waals surface area contributed by atoms with Crippen molar-refractivity contribution in [1.82, 2.24) is 4.98 Å². The van der Waals surface area contributed by atoms with Gasteiger partial charge in [0.25, 0.3) is 0 Å². The van der Waals surface area contributed by atoms with Gasteiger partial charge in [-0.2, -0.15) is 0 Å². The monoisotopic (exact) mass is 232 g/mol. The maximum atomic E-state index is 12.6. The number of carbonyl (C=O) groups is 1. The lowest BCUT2D eigenvalue weighted by Gasteiger charge is -2.27. The molecule has 0 aromatic carbocycles. The minimum Gasteiger partial charge on any atom is -0.299 e. The third-order valence-electron chi connectivity index (χ3n) is 3.69. The van der Waals surface area contributed by atoms with Crippen LogP contribution in [0.4, 0.5) is 5.82 Å². The molecule has 0 N–H and O–H groups in total. The maximum absolute atomic E-state index is 12.6. The molecule has 92 valence electrons. The fourth-order valence-corrected chi connectivity index (χ4v) is 3.03. The van der Waals surface area contributed by atoms with Crippen molar-refractivity contribution in [2.75, 3.05) is 11.9 Å². The Morgan fingerprint density at radius 3 is 2.53 bits per heavy atom. The van der Waals surface area contributed by atoms with Crippen molar-refractivity contribution in [2.45, 2.75) is 44.9 Å². The molecule has 0 aliphatic carbocycles. The topological polar surface area (TPSA) is 33.2 Å². The summed E-state index contributed by atoms with van der Waals surface area (Å²) in [7, 11) is 1.83. The largest absolute Gasteiger partial charge is 0.299 e. The van der Waals surface area contributed by atoms with Crippen molar-refractivity contribution in [3.05, 3.63) is 23.9 Å². The second kappa shape index (κ2) is 4.47. The molecule has 2 rings (SSSR count). The summed E-state index contributed by atoms with van der Waals surface area (Å²) in [5.74, 6) is 1.06. The highest BCUT2D eigenvalue weighted by Crippen LogP contribution is 2.45. The summed E-state index contributed by atoms with van der Waals surface area (Å²) in [6.07, 6.45) is 5.64. The highest BCUT2D eigenvalue weighted by atomic mass is 16.2. The molecule has 2 heterocycles. The second-order valence-corrected chi connectivity index (χ2v) is 4.82. The Balaban J connectivity index is 2.55. The van der Waals surface area contributed by atoms with E-state index in [4.69, 9.17) is 0 Å². The van der Waals surface area contributed by atoms with Gasteiger partial charge in [-0.05, 0) is 18.9 Å². The summed E-state index contributed by atoms with van der Waals surface area (Å²) in [6, 6.07) is 4.00. The molecule has 17 heavy (non-hydrogen) atoms. The number of pyridine rings is 1. The minimum absolute atomic E-state index is 0.218. The summed E-state index contributed by atoms with van der Waals surface area (Å²) in [4.78, 5) is 18.6. The van der Waals surface area contributed by atoms with Crippen molar-refractivity contribution >= 4 is 11.7 Å². The van der Waals surface area contributed by atoms with Gasteiger partial charge in [-0.25, -0.2) is 4.98 Å². The molecule has 0 radical (unpaired) electrons. The number of rotatable bonds is 4. The molecular formula is C14H20N2O. The Kier molecular flexibility index (Phi) is 3.18. The van der Waals surface area contributed by atoms with E-state index in [1.807, 2.05) is 13.1 Å². The van der Waals surface area contributed by atoms with Gasteiger partial charge in [-0.15, -0.1) is 0 Å². The van der Waals surface area contributed by atoms with Crippen molar-refractivity contribution in [3.8, 4) is 0 Å². The molecule has 0 fully saturated rings. The lowest BCUT2D eigenvalue weighted by molar-refractivity contribution is -0.123. The Hall–Kier alpha value is -1.38. The predicted octanol–water partition coefficient (Wildman–Crippen LogP) is 2.90. The van der Waals surface area contributed by atoms with E-state index in [0.717, 1.165) is 37.1 Å². The number of carbonyl (C=O) groups excluding carboxylic acids is 1. The van der Waals surface area contributed by atoms with Crippen molar-refractivity contribution in [2.24, 2.45) is 0 Å². The Morgan fingerprint density at radius 2 is 1.94 bits per heavy atom. The van der Waals surface area contributed by atoms with Gasteiger partial charge in [-0.3, -0.25) is 9.69 Å². The molecule has 0 spiro atoms. The van der Waals surface area contributed by atoms with E-state index in [9.17, 15) is 4.79 Å². The van der Waals surface area contributed by atoms with E-state index in [2.05, 4.69) is 24.9 Å². The van der Waals surface area contributed by atoms with E-state index in [0.29, 0.717) is 0 Å². The van der Waals surface area contributed by atoms with Crippen molar-refractivity contribution in [3.63, 3.8) is 0 Å². The molecule has 1 aromatic heterocycles. The van der Waals surface area contributed by atoms with Crippen molar-refractivity contribution in [1.29, 1.82) is 0 Å². The van der Waals surface area contributed by atoms with Gasteiger partial charge in [0, 0.05) is 18.8 Å². The molecule has 1 aliphatic rings. The number of hydrogen-bond acceptors (Lipinski definition) is 2. The zero-order valence-corrected chi connectivity index (χ0v) is 10.9. The maximum Gasteiger partial charge on any atom is 0.238 e. The van der Waals surface area contributed by atoms with Crippen LogP contribution in [0.5, 0.6) is 0 Å². The van der Waals surface area contributed by atoms with Gasteiger partial charge in [-0.1, -0.05) is 32.8 Å². The molecule has 1 aromatic rings. The molecule has 1 amide bonds. The van der Waals surface area contributed by atoms with Gasteiger partial charge in [0.15, 0.2) is 0 Å². The first-order chi connectivity index (χ1) is 8.17. The molecule has 0 unspecified atom stereocenters. The first-order valence-electron chi connectivity index (χ1n) is 6.41. The first-order valence-corrected chi connectivity index (χ1v) is 6.41. The van der Waals surface area contributed by atoms with Crippen LogP contribution < -0.4 is 4.90 Å². The molecule has 3 heteroatoms. The van der Waals surface area contributed by atoms with Gasteiger partial charge in [0.05, 0.1) is 5.41 Å². The van der Waals surface area contributed by atoms with E-state index in [1.165, 1.54) is 0 Å². The first kappa shape index (κ1) is 12.1. The van der Waals surface area contributed by atoms with Gasteiger partial charge in [0.1, 0.15) is 5.82 Å². The molecule has 0 saturated heterocycles. The van der Waals surface area contributed by atoms with Crippen molar-refractivity contribution < 1.29 is 4.79 Å². The molecule has 0 saturated carbocycles. The summed E-state index contributed by atoms with van der Waals surface area (Å²) in [5.41, 5.74) is 0.804. The summed E-state index contributed by atoms with van der Waals surface area (Å²) in [6.45, 7) is 4.28. The fraction of sp³-hybridized carbons (Fsp3) is 0.571. The highest BCUT2D eigenvalue weighted by molar-refractivity contribution is 6.06. The molecule has 3 nitrogen and oxygen atoms in total. The summed E-state index contributed by atoms with van der Waals surface area (Å²) >= 11 is 0. The fourth-order valence-electron chi connectivity index (χ4n) is 3.03. The SMILES string of the molecule is CCCC1(CCC)C(=O)N(C)c2ncccc21. The van der Waals surface area contributed by atoms with E-state index in [-0.39, 0.29) is 11.3 Å². The lowest BCUT2D eigenvalue weighted by Crippen LogP contribution is -2.38. The molecule has 1 aliphatic heterocycles. The number of nitrogens with zero attached hydrogens (tertiary/aromatic N) is 2. The number of aromatic nitrogens is 1. The predicted molar refractivity (Wildman–Crippen MR) is 69.1 cm³/mol. The normalized spacial score (nSPS) is 17.4. The van der Waals surface area contributed by atoms with Crippen LogP contribution in [0.1, 0.15) is 45.1 Å². The third-order valence-corrected chi connectivity index (χ3v) is 3.69. The van der Waals surface area contributed by atoms with Crippen LogP contribution in [-0.2, 0) is 10.2 Å². The van der Waals surface area contributed by atoms with E-state index >= 15 is 0 Å². The van der Waals surface area contributed by atoms with Crippen LogP contribution in [0, 0.1) is 0 Å². The minimum atomic E-state index is -0.318. The summed E-state index contributed by atoms with van der Waals surface area (Å²) < 4.78 is 0. The molecule has 0 bridgehead atoms. The smallest absolute Gasteiger partial charge is 0.238 e. The molecular weight excluding hydrogens is 212 g/mol. The average Bonchev–Trinajstić information content (AvgIpc) is 2.55. The standard InChI is InChI=1S/C14H20N2O/c1-4-8-14(9-5-2)11-7-6-10-15-12(11)16(3)13(14)17/h6-7,10H,4-5,8-9H2,1-3H3. The van der Waals surface area contributed by atoms with Crippen LogP contribution >= 0.6 is 0 Å². The quantitative estimate of drug-likeness (QED) is 0.799. The highest BCUT2D eigenvalue weighted by Gasteiger charge is 2.48. The number of likely N-dealkylation sites (N-methyl/N-ethyl adjacent to an activating group) is 1.